The molecule has 2 aliphatic heterocycles. The molecule has 0 aliphatic carbocycles. The summed E-state index contributed by atoms with van der Waals surface area (Å²) in [6.07, 6.45) is 3.13. The first-order chi connectivity index (χ1) is 12.1. The third-order valence-corrected chi connectivity index (χ3v) is 5.13. The molecule has 1 aromatic rings. The van der Waals surface area contributed by atoms with E-state index in [1.165, 1.54) is 0 Å². The monoisotopic (exact) mass is 345 g/mol. The molecule has 0 bridgehead atoms. The topological polar surface area (TPSA) is 60.0 Å². The lowest BCUT2D eigenvalue weighted by atomic mass is 10.1. The third-order valence-electron chi connectivity index (χ3n) is 5.13. The van der Waals surface area contributed by atoms with Gasteiger partial charge in [-0.1, -0.05) is 6.92 Å². The highest BCUT2D eigenvalue weighted by Gasteiger charge is 2.24. The van der Waals surface area contributed by atoms with Crippen molar-refractivity contribution in [2.45, 2.75) is 6.92 Å². The second-order valence-electron chi connectivity index (χ2n) is 6.78. The molecule has 2 amide bonds. The summed E-state index contributed by atoms with van der Waals surface area (Å²) in [5, 5.41) is 0. The minimum absolute atomic E-state index is 0.0312. The van der Waals surface area contributed by atoms with Crippen LogP contribution < -0.4 is 0 Å². The summed E-state index contributed by atoms with van der Waals surface area (Å²) >= 11 is 0. The molecule has 0 saturated carbocycles. The van der Waals surface area contributed by atoms with E-state index in [0.717, 1.165) is 45.8 Å². The molecule has 3 rings (SSSR count). The molecule has 0 N–H and O–H groups in total. The zero-order valence-electron chi connectivity index (χ0n) is 15.1. The fourth-order valence-electron chi connectivity index (χ4n) is 3.32. The minimum atomic E-state index is -0.0361. The van der Waals surface area contributed by atoms with Gasteiger partial charge in [0.05, 0.1) is 11.1 Å². The van der Waals surface area contributed by atoms with E-state index in [9.17, 15) is 9.59 Å². The number of carbonyl (C=O) groups excluding carboxylic acids is 2. The van der Waals surface area contributed by atoms with Gasteiger partial charge in [-0.3, -0.25) is 14.6 Å². The van der Waals surface area contributed by atoms with Crippen molar-refractivity contribution in [2.75, 3.05) is 66.0 Å². The van der Waals surface area contributed by atoms with Crippen LogP contribution in [-0.2, 0) is 0 Å². The molecule has 2 aliphatic rings. The Hall–Kier alpha value is -1.99. The van der Waals surface area contributed by atoms with E-state index in [1.54, 1.807) is 18.5 Å². The second kappa shape index (κ2) is 7.93. The molecule has 7 heteroatoms. The van der Waals surface area contributed by atoms with E-state index >= 15 is 0 Å². The molecular formula is C18H27N5O2. The lowest BCUT2D eigenvalue weighted by Gasteiger charge is -2.34. The molecule has 3 heterocycles. The summed E-state index contributed by atoms with van der Waals surface area (Å²) in [4.78, 5) is 37.8. The Morgan fingerprint density at radius 2 is 1.36 bits per heavy atom. The van der Waals surface area contributed by atoms with E-state index in [1.807, 2.05) is 9.80 Å². The molecule has 2 fully saturated rings. The van der Waals surface area contributed by atoms with E-state index in [0.29, 0.717) is 24.2 Å². The van der Waals surface area contributed by atoms with Crippen LogP contribution in [0.2, 0.25) is 0 Å². The summed E-state index contributed by atoms with van der Waals surface area (Å²) in [5.74, 6) is -0.0673. The summed E-state index contributed by atoms with van der Waals surface area (Å²) in [7, 11) is 2.06. The smallest absolute Gasteiger partial charge is 0.255 e. The van der Waals surface area contributed by atoms with Crippen LogP contribution in [0.1, 0.15) is 27.6 Å². The first kappa shape index (κ1) is 17.8. The fourth-order valence-corrected chi connectivity index (χ4v) is 3.32. The number of aromatic nitrogens is 1. The van der Waals surface area contributed by atoms with Crippen LogP contribution in [0.5, 0.6) is 0 Å². The SMILES string of the molecule is CCN1CCN(C(=O)c2cncc(C(=O)N3CCN(C)CC3)c2)CC1. The van der Waals surface area contributed by atoms with Gasteiger partial charge in [-0.15, -0.1) is 0 Å². The molecule has 1 aromatic heterocycles. The normalized spacial score (nSPS) is 19.9. The predicted octanol–water partition coefficient (Wildman–Crippen LogP) is 0.247. The predicted molar refractivity (Wildman–Crippen MR) is 95.7 cm³/mol. The Balaban J connectivity index is 1.67. The van der Waals surface area contributed by atoms with Crippen molar-refractivity contribution < 1.29 is 9.59 Å². The van der Waals surface area contributed by atoms with Crippen molar-refractivity contribution >= 4 is 11.8 Å². The van der Waals surface area contributed by atoms with Crippen LogP contribution in [0.4, 0.5) is 0 Å². The lowest BCUT2D eigenvalue weighted by molar-refractivity contribution is 0.0642. The molecule has 2 saturated heterocycles. The van der Waals surface area contributed by atoms with Gasteiger partial charge in [0, 0.05) is 64.8 Å². The maximum atomic E-state index is 12.7. The average molecular weight is 345 g/mol. The van der Waals surface area contributed by atoms with Crippen molar-refractivity contribution in [1.82, 2.24) is 24.6 Å². The summed E-state index contributed by atoms with van der Waals surface area (Å²) in [6, 6.07) is 1.70. The molecular weight excluding hydrogens is 318 g/mol. The van der Waals surface area contributed by atoms with E-state index in [-0.39, 0.29) is 11.8 Å². The van der Waals surface area contributed by atoms with E-state index in [2.05, 4.69) is 28.8 Å². The molecule has 0 atom stereocenters. The van der Waals surface area contributed by atoms with Gasteiger partial charge >= 0.3 is 0 Å². The quantitative estimate of drug-likeness (QED) is 0.786. The Labute approximate surface area is 149 Å². The number of hydrogen-bond donors (Lipinski definition) is 0. The van der Waals surface area contributed by atoms with Crippen molar-refractivity contribution in [1.29, 1.82) is 0 Å². The highest BCUT2D eigenvalue weighted by molar-refractivity contribution is 5.99. The van der Waals surface area contributed by atoms with Crippen molar-refractivity contribution in [3.8, 4) is 0 Å². The van der Waals surface area contributed by atoms with Gasteiger partial charge in [0.1, 0.15) is 0 Å². The van der Waals surface area contributed by atoms with Crippen LogP contribution in [0.15, 0.2) is 18.5 Å². The first-order valence-electron chi connectivity index (χ1n) is 9.03. The van der Waals surface area contributed by atoms with Gasteiger partial charge in [-0.2, -0.15) is 0 Å². The fraction of sp³-hybridized carbons (Fsp3) is 0.611. The largest absolute Gasteiger partial charge is 0.336 e. The summed E-state index contributed by atoms with van der Waals surface area (Å²) < 4.78 is 0. The van der Waals surface area contributed by atoms with Gasteiger partial charge in [0.15, 0.2) is 0 Å². The maximum Gasteiger partial charge on any atom is 0.255 e. The third kappa shape index (κ3) is 4.16. The number of amides is 2. The number of hydrogen-bond acceptors (Lipinski definition) is 5. The van der Waals surface area contributed by atoms with E-state index < -0.39 is 0 Å². The standard InChI is InChI=1S/C18H27N5O2/c1-3-21-6-10-23(11-7-21)18(25)16-12-15(13-19-14-16)17(24)22-8-4-20(2)5-9-22/h12-14H,3-11H2,1-2H3. The number of rotatable bonds is 3. The number of piperazine rings is 2. The number of nitrogens with zero attached hydrogens (tertiary/aromatic N) is 5. The van der Waals surface area contributed by atoms with E-state index in [4.69, 9.17) is 0 Å². The Morgan fingerprint density at radius 1 is 0.880 bits per heavy atom. The highest BCUT2D eigenvalue weighted by Crippen LogP contribution is 2.12. The van der Waals surface area contributed by atoms with Crippen LogP contribution in [-0.4, -0.2) is 102 Å². The number of pyridine rings is 1. The van der Waals surface area contributed by atoms with Crippen LogP contribution in [0.25, 0.3) is 0 Å². The Morgan fingerprint density at radius 3 is 1.84 bits per heavy atom. The summed E-state index contributed by atoms with van der Waals surface area (Å²) in [6.45, 7) is 9.57. The molecule has 0 aromatic carbocycles. The number of likely N-dealkylation sites (N-methyl/N-ethyl adjacent to an activating group) is 2. The maximum absolute atomic E-state index is 12.7. The highest BCUT2D eigenvalue weighted by atomic mass is 16.2. The molecule has 136 valence electrons. The van der Waals surface area contributed by atoms with Crippen LogP contribution >= 0.6 is 0 Å². The molecule has 0 spiro atoms. The van der Waals surface area contributed by atoms with Gasteiger partial charge in [0.25, 0.3) is 11.8 Å². The van der Waals surface area contributed by atoms with Gasteiger partial charge < -0.3 is 19.6 Å². The zero-order valence-corrected chi connectivity index (χ0v) is 15.1. The average Bonchev–Trinajstić information content (AvgIpc) is 2.67. The van der Waals surface area contributed by atoms with Crippen LogP contribution in [0.3, 0.4) is 0 Å². The molecule has 0 unspecified atom stereocenters. The van der Waals surface area contributed by atoms with Crippen LogP contribution in [0, 0.1) is 0 Å². The van der Waals surface area contributed by atoms with Crippen molar-refractivity contribution in [2.24, 2.45) is 0 Å². The van der Waals surface area contributed by atoms with Crippen molar-refractivity contribution in [3.63, 3.8) is 0 Å². The van der Waals surface area contributed by atoms with Gasteiger partial charge in [0.2, 0.25) is 0 Å². The molecule has 7 nitrogen and oxygen atoms in total. The molecule has 0 radical (unpaired) electrons. The second-order valence-corrected chi connectivity index (χ2v) is 6.78. The van der Waals surface area contributed by atoms with Gasteiger partial charge in [-0.25, -0.2) is 0 Å². The Kier molecular flexibility index (Phi) is 5.65. The summed E-state index contributed by atoms with van der Waals surface area (Å²) in [5.41, 5.74) is 1.01. The Bertz CT molecular complexity index is 620. The van der Waals surface area contributed by atoms with Crippen molar-refractivity contribution in [3.05, 3.63) is 29.6 Å². The molecule has 25 heavy (non-hydrogen) atoms. The minimum Gasteiger partial charge on any atom is -0.336 e. The first-order valence-corrected chi connectivity index (χ1v) is 9.03. The van der Waals surface area contributed by atoms with Gasteiger partial charge in [-0.05, 0) is 19.7 Å². The lowest BCUT2D eigenvalue weighted by Crippen LogP contribution is -2.48. The number of carbonyl (C=O) groups is 2. The zero-order chi connectivity index (χ0) is 17.8.